The summed E-state index contributed by atoms with van der Waals surface area (Å²) in [4.78, 5) is 72.9. The van der Waals surface area contributed by atoms with Gasteiger partial charge in [-0.3, -0.25) is 37.3 Å². The van der Waals surface area contributed by atoms with Crippen molar-refractivity contribution in [2.75, 3.05) is 39.6 Å². The Morgan fingerprint density at radius 1 is 0.290 bits per heavy atom. The highest BCUT2D eigenvalue weighted by Gasteiger charge is 2.30. The second-order valence-electron chi connectivity index (χ2n) is 26.3. The molecule has 0 saturated carbocycles. The van der Waals surface area contributed by atoms with Crippen molar-refractivity contribution < 1.29 is 80.2 Å². The van der Waals surface area contributed by atoms with Crippen LogP contribution in [0, 0.1) is 0 Å². The fourth-order valence-corrected chi connectivity index (χ4v) is 12.0. The van der Waals surface area contributed by atoms with Gasteiger partial charge >= 0.3 is 39.5 Å². The van der Waals surface area contributed by atoms with Gasteiger partial charge in [0.15, 0.2) is 12.2 Å². The molecule has 0 aliphatic rings. The molecule has 100 heavy (non-hydrogen) atoms. The molecule has 0 aromatic rings. The standard InChI is InChI=1S/C81H142O17P2/c1-5-9-13-17-21-25-29-33-35-36-37-38-40-43-46-50-54-58-62-66-79(84)92-72-77(98-81(86)68-64-60-56-52-48-44-39-34-30-26-22-18-14-10-6-2)74-96-100(89,90)94-70-75(82)69-93-99(87,88)95-73-76(97-80(85)67-63-59-55-51-47-42-32-28-24-20-16-12-8-4)71-91-78(83)65-61-57-53-49-45-41-31-27-23-19-15-11-7-3/h9,13,21,25-28,30-33,35,37-38,43,46,75-77,82H,5-8,10-12,14-20,22-24,29,34,36,39-42,44-45,47-74H2,1-4H3,(H,87,88)(H,89,90)/b13-9-,25-21-,30-26-,31-27-,32-28-,35-33-,38-37-,46-43-/t75-,76+,77+/m0/s1. The number of allylic oxidation sites excluding steroid dienone is 16. The molecule has 17 nitrogen and oxygen atoms in total. The van der Waals surface area contributed by atoms with E-state index in [1.54, 1.807) is 0 Å². The molecular formula is C81H142O17P2. The van der Waals surface area contributed by atoms with Crippen molar-refractivity contribution in [3.63, 3.8) is 0 Å². The Morgan fingerprint density at radius 2 is 0.520 bits per heavy atom. The number of aliphatic hydroxyl groups is 1. The molecule has 578 valence electrons. The third kappa shape index (κ3) is 72.3. The largest absolute Gasteiger partial charge is 0.472 e. The maximum atomic E-state index is 13.1. The van der Waals surface area contributed by atoms with Gasteiger partial charge in [-0.1, -0.05) is 260 Å². The number of unbranched alkanes of at least 4 members (excludes halogenated alkanes) is 32. The van der Waals surface area contributed by atoms with E-state index in [9.17, 15) is 43.2 Å². The van der Waals surface area contributed by atoms with Crippen molar-refractivity contribution in [2.45, 2.75) is 354 Å². The van der Waals surface area contributed by atoms with E-state index in [-0.39, 0.29) is 25.7 Å². The first kappa shape index (κ1) is 96.0. The molecule has 0 amide bonds. The average Bonchev–Trinajstić information content (AvgIpc) is 0.946. The number of hydrogen-bond acceptors (Lipinski definition) is 15. The van der Waals surface area contributed by atoms with Crippen LogP contribution in [0.4, 0.5) is 0 Å². The highest BCUT2D eigenvalue weighted by Crippen LogP contribution is 2.45. The molecule has 0 saturated heterocycles. The van der Waals surface area contributed by atoms with Gasteiger partial charge < -0.3 is 33.8 Å². The molecule has 0 heterocycles. The number of rotatable bonds is 74. The van der Waals surface area contributed by atoms with Crippen LogP contribution in [0.1, 0.15) is 336 Å². The summed E-state index contributed by atoms with van der Waals surface area (Å²) in [6.45, 7) is 4.69. The molecule has 0 aromatic carbocycles. The minimum Gasteiger partial charge on any atom is -0.462 e. The van der Waals surface area contributed by atoms with Gasteiger partial charge in [-0.05, 0) is 148 Å². The van der Waals surface area contributed by atoms with Crippen LogP contribution in [0.2, 0.25) is 0 Å². The lowest BCUT2D eigenvalue weighted by molar-refractivity contribution is -0.161. The summed E-state index contributed by atoms with van der Waals surface area (Å²) in [6, 6.07) is 0. The lowest BCUT2D eigenvalue weighted by atomic mass is 10.1. The second kappa shape index (κ2) is 73.3. The van der Waals surface area contributed by atoms with Gasteiger partial charge in [-0.15, -0.1) is 0 Å². The van der Waals surface area contributed by atoms with Crippen molar-refractivity contribution in [1.82, 2.24) is 0 Å². The Balaban J connectivity index is 5.37. The first-order chi connectivity index (χ1) is 48.7. The van der Waals surface area contributed by atoms with E-state index in [0.29, 0.717) is 25.7 Å². The maximum Gasteiger partial charge on any atom is 0.472 e. The smallest absolute Gasteiger partial charge is 0.462 e. The van der Waals surface area contributed by atoms with Crippen molar-refractivity contribution in [1.29, 1.82) is 0 Å². The summed E-state index contributed by atoms with van der Waals surface area (Å²) in [5.74, 6) is -2.22. The molecule has 0 fully saturated rings. The molecule has 0 bridgehead atoms. The van der Waals surface area contributed by atoms with Crippen LogP contribution in [0.15, 0.2) is 97.2 Å². The number of carbonyl (C=O) groups is 4. The van der Waals surface area contributed by atoms with Crippen LogP contribution in [0.3, 0.4) is 0 Å². The van der Waals surface area contributed by atoms with Crippen LogP contribution >= 0.6 is 15.6 Å². The van der Waals surface area contributed by atoms with Crippen molar-refractivity contribution in [3.05, 3.63) is 97.2 Å². The topological polar surface area (TPSA) is 237 Å². The second-order valence-corrected chi connectivity index (χ2v) is 29.2. The number of hydrogen-bond donors (Lipinski definition) is 3. The summed E-state index contributed by atoms with van der Waals surface area (Å²) in [5, 5.41) is 10.6. The van der Waals surface area contributed by atoms with Gasteiger partial charge in [-0.25, -0.2) is 9.13 Å². The lowest BCUT2D eigenvalue weighted by Crippen LogP contribution is -2.30. The quantitative estimate of drug-likeness (QED) is 0.0169. The molecule has 19 heteroatoms. The van der Waals surface area contributed by atoms with Gasteiger partial charge in [0.1, 0.15) is 19.3 Å². The molecule has 2 unspecified atom stereocenters. The zero-order valence-electron chi connectivity index (χ0n) is 63.1. The number of esters is 4. The highest BCUT2D eigenvalue weighted by molar-refractivity contribution is 7.47. The fraction of sp³-hybridized carbons (Fsp3) is 0.753. The third-order valence-electron chi connectivity index (χ3n) is 16.5. The Kier molecular flexibility index (Phi) is 70.4. The maximum absolute atomic E-state index is 13.1. The zero-order chi connectivity index (χ0) is 73.2. The minimum atomic E-state index is -4.98. The molecule has 0 rings (SSSR count). The highest BCUT2D eigenvalue weighted by atomic mass is 31.2. The van der Waals surface area contributed by atoms with Crippen LogP contribution in [0.25, 0.3) is 0 Å². The molecule has 0 spiro atoms. The minimum absolute atomic E-state index is 0.0822. The van der Waals surface area contributed by atoms with E-state index in [1.807, 2.05) is 0 Å². The molecular weight excluding hydrogens is 1310 g/mol. The molecule has 5 atom stereocenters. The Bertz CT molecular complexity index is 2270. The van der Waals surface area contributed by atoms with Gasteiger partial charge in [0, 0.05) is 25.7 Å². The van der Waals surface area contributed by atoms with Crippen LogP contribution in [0.5, 0.6) is 0 Å². The zero-order valence-corrected chi connectivity index (χ0v) is 64.9. The Hall–Kier alpha value is -4.02. The van der Waals surface area contributed by atoms with Crippen molar-refractivity contribution in [3.8, 4) is 0 Å². The van der Waals surface area contributed by atoms with E-state index in [4.69, 9.17) is 37.0 Å². The first-order valence-corrected chi connectivity index (χ1v) is 42.5. The lowest BCUT2D eigenvalue weighted by Gasteiger charge is -2.21. The summed E-state index contributed by atoms with van der Waals surface area (Å²) < 4.78 is 68.5. The van der Waals surface area contributed by atoms with E-state index in [0.717, 1.165) is 180 Å². The van der Waals surface area contributed by atoms with Gasteiger partial charge in [0.25, 0.3) is 0 Å². The summed E-state index contributed by atoms with van der Waals surface area (Å²) in [6.07, 6.45) is 76.7. The van der Waals surface area contributed by atoms with E-state index in [1.165, 1.54) is 77.0 Å². The predicted octanol–water partition coefficient (Wildman–Crippen LogP) is 22.8. The monoisotopic (exact) mass is 1450 g/mol. The number of aliphatic hydroxyl groups excluding tert-OH is 1. The fourth-order valence-electron chi connectivity index (χ4n) is 10.5. The number of phosphoric ester groups is 2. The van der Waals surface area contributed by atoms with Crippen LogP contribution < -0.4 is 0 Å². The molecule has 3 N–H and O–H groups in total. The van der Waals surface area contributed by atoms with Gasteiger partial charge in [0.05, 0.1) is 26.4 Å². The number of carbonyl (C=O) groups excluding carboxylic acids is 4. The van der Waals surface area contributed by atoms with E-state index in [2.05, 4.69) is 125 Å². The SMILES string of the molecule is CC/C=C\C/C=C\C/C=C\C/C=C\C/C=C\CCCCCC(=O)OC[C@H](COP(=O)(O)OC[C@@H](O)COP(=O)(O)OC[C@@H](COC(=O)CCCCCCC/C=C\CCCCCC)OC(=O)CCCCCCC/C=C\CCCCCC)OC(=O)CCCCCCCCC/C=C\CCCCCC. The van der Waals surface area contributed by atoms with Crippen LogP contribution in [-0.4, -0.2) is 96.7 Å². The summed E-state index contributed by atoms with van der Waals surface area (Å²) >= 11 is 0. The molecule has 0 aliphatic heterocycles. The summed E-state index contributed by atoms with van der Waals surface area (Å²) in [5.41, 5.74) is 0. The summed E-state index contributed by atoms with van der Waals surface area (Å²) in [7, 11) is -9.96. The average molecular weight is 1450 g/mol. The van der Waals surface area contributed by atoms with E-state index >= 15 is 0 Å². The molecule has 0 radical (unpaired) electrons. The van der Waals surface area contributed by atoms with Gasteiger partial charge in [0.2, 0.25) is 0 Å². The van der Waals surface area contributed by atoms with Crippen molar-refractivity contribution >= 4 is 39.5 Å². The normalized spacial score (nSPS) is 14.4. The Labute approximate surface area is 607 Å². The van der Waals surface area contributed by atoms with Gasteiger partial charge in [-0.2, -0.15) is 0 Å². The van der Waals surface area contributed by atoms with Crippen LogP contribution in [-0.2, 0) is 65.4 Å². The number of phosphoric acid groups is 2. The Morgan fingerprint density at radius 3 is 0.820 bits per heavy atom. The molecule has 0 aliphatic carbocycles. The van der Waals surface area contributed by atoms with Crippen molar-refractivity contribution in [2.24, 2.45) is 0 Å². The predicted molar refractivity (Wildman–Crippen MR) is 409 cm³/mol. The molecule has 0 aromatic heterocycles. The van der Waals surface area contributed by atoms with E-state index < -0.39 is 97.5 Å². The number of ether oxygens (including phenoxy) is 4. The first-order valence-electron chi connectivity index (χ1n) is 39.5. The third-order valence-corrected chi connectivity index (χ3v) is 18.4.